The van der Waals surface area contributed by atoms with Gasteiger partial charge in [-0.15, -0.1) is 0 Å². The van der Waals surface area contributed by atoms with Crippen LogP contribution in [0.1, 0.15) is 13.8 Å². The molecule has 0 aromatic heterocycles. The minimum absolute atomic E-state index is 0.294. The van der Waals surface area contributed by atoms with E-state index in [0.717, 1.165) is 0 Å². The minimum atomic E-state index is 0.294. The van der Waals surface area contributed by atoms with Gasteiger partial charge in [-0.05, 0) is 32.2 Å². The van der Waals surface area contributed by atoms with Gasteiger partial charge in [0.25, 0.3) is 0 Å². The zero-order chi connectivity index (χ0) is 9.84. The standard InChI is InChI=1S/C11H18NP/c1-5-7-11(10(3)6-2)12-8-13(4)9-12/h5-7H,1,8-9H2,2-4H3/b10-6-,11-7+. The normalized spacial score (nSPS) is 20.1. The summed E-state index contributed by atoms with van der Waals surface area (Å²) in [7, 11) is 0.294. The second-order valence-electron chi connectivity index (χ2n) is 3.44. The second-order valence-corrected chi connectivity index (χ2v) is 5.72. The van der Waals surface area contributed by atoms with Gasteiger partial charge in [0.15, 0.2) is 0 Å². The van der Waals surface area contributed by atoms with Crippen LogP contribution < -0.4 is 0 Å². The molecule has 0 radical (unpaired) electrons. The van der Waals surface area contributed by atoms with Crippen LogP contribution in [0, 0.1) is 0 Å². The van der Waals surface area contributed by atoms with E-state index in [1.165, 1.54) is 23.8 Å². The Kier molecular flexibility index (Phi) is 3.74. The molecule has 0 aromatic carbocycles. The molecule has 0 bridgehead atoms. The quantitative estimate of drug-likeness (QED) is 0.493. The third-order valence-electron chi connectivity index (χ3n) is 2.28. The molecule has 13 heavy (non-hydrogen) atoms. The molecular formula is C11H18NP. The lowest BCUT2D eigenvalue weighted by atomic mass is 10.2. The summed E-state index contributed by atoms with van der Waals surface area (Å²) in [5, 5.41) is 0. The van der Waals surface area contributed by atoms with Crippen molar-refractivity contribution >= 4 is 7.92 Å². The van der Waals surface area contributed by atoms with Gasteiger partial charge in [-0.1, -0.05) is 26.7 Å². The fourth-order valence-corrected chi connectivity index (χ4v) is 2.83. The summed E-state index contributed by atoms with van der Waals surface area (Å²) >= 11 is 0. The molecule has 1 rings (SSSR count). The van der Waals surface area contributed by atoms with Crippen LogP contribution in [0.5, 0.6) is 0 Å². The summed E-state index contributed by atoms with van der Waals surface area (Å²) in [6.45, 7) is 10.3. The van der Waals surface area contributed by atoms with Crippen molar-refractivity contribution in [1.82, 2.24) is 4.90 Å². The predicted octanol–water partition coefficient (Wildman–Crippen LogP) is 3.36. The Hall–Kier alpha value is -0.550. The van der Waals surface area contributed by atoms with E-state index in [-0.39, 0.29) is 0 Å². The Labute approximate surface area is 82.6 Å². The van der Waals surface area contributed by atoms with Crippen LogP contribution in [0.15, 0.2) is 36.1 Å². The Balaban J connectivity index is 2.70. The molecule has 1 aliphatic rings. The zero-order valence-electron chi connectivity index (χ0n) is 8.75. The number of hydrogen-bond acceptors (Lipinski definition) is 1. The smallest absolute Gasteiger partial charge is 0.0398 e. The van der Waals surface area contributed by atoms with E-state index in [4.69, 9.17) is 0 Å². The summed E-state index contributed by atoms with van der Waals surface area (Å²) in [6, 6.07) is 0. The van der Waals surface area contributed by atoms with Gasteiger partial charge in [0.2, 0.25) is 0 Å². The van der Waals surface area contributed by atoms with E-state index in [2.05, 4.69) is 44.1 Å². The first-order valence-electron chi connectivity index (χ1n) is 4.58. The van der Waals surface area contributed by atoms with E-state index < -0.39 is 0 Å². The van der Waals surface area contributed by atoms with Crippen molar-refractivity contribution < 1.29 is 0 Å². The molecule has 0 amide bonds. The third kappa shape index (κ3) is 2.45. The SMILES string of the molecule is C=C/C=C(\C(C)=C/C)N1CP(C)C1. The van der Waals surface area contributed by atoms with Crippen molar-refractivity contribution in [1.29, 1.82) is 0 Å². The van der Waals surface area contributed by atoms with Crippen LogP contribution in [-0.2, 0) is 0 Å². The number of allylic oxidation sites excluding steroid dienone is 4. The van der Waals surface area contributed by atoms with Gasteiger partial charge in [0.05, 0.1) is 0 Å². The first-order valence-corrected chi connectivity index (χ1v) is 6.74. The molecule has 0 aliphatic carbocycles. The van der Waals surface area contributed by atoms with Gasteiger partial charge in [-0.2, -0.15) is 0 Å². The van der Waals surface area contributed by atoms with Crippen molar-refractivity contribution in [3.8, 4) is 0 Å². The average molecular weight is 195 g/mol. The Morgan fingerprint density at radius 3 is 2.46 bits per heavy atom. The highest BCUT2D eigenvalue weighted by Crippen LogP contribution is 2.45. The molecule has 0 unspecified atom stereocenters. The molecule has 0 N–H and O–H groups in total. The topological polar surface area (TPSA) is 3.24 Å². The summed E-state index contributed by atoms with van der Waals surface area (Å²) < 4.78 is 0. The van der Waals surface area contributed by atoms with Crippen LogP contribution in [0.4, 0.5) is 0 Å². The lowest BCUT2D eigenvalue weighted by Crippen LogP contribution is -2.33. The molecule has 1 heterocycles. The first kappa shape index (κ1) is 10.5. The average Bonchev–Trinajstić information content (AvgIpc) is 2.08. The van der Waals surface area contributed by atoms with Crippen molar-refractivity contribution in [3.63, 3.8) is 0 Å². The van der Waals surface area contributed by atoms with Gasteiger partial charge in [0, 0.05) is 18.3 Å². The molecule has 1 saturated heterocycles. The Morgan fingerprint density at radius 2 is 2.08 bits per heavy atom. The third-order valence-corrected chi connectivity index (χ3v) is 3.93. The molecule has 2 heteroatoms. The van der Waals surface area contributed by atoms with Crippen molar-refractivity contribution in [2.24, 2.45) is 0 Å². The molecule has 1 aliphatic heterocycles. The zero-order valence-corrected chi connectivity index (χ0v) is 9.64. The lowest BCUT2D eigenvalue weighted by Gasteiger charge is -2.41. The summed E-state index contributed by atoms with van der Waals surface area (Å²) in [5.41, 5.74) is 2.70. The molecule has 0 spiro atoms. The van der Waals surface area contributed by atoms with Crippen molar-refractivity contribution in [3.05, 3.63) is 36.1 Å². The van der Waals surface area contributed by atoms with Gasteiger partial charge >= 0.3 is 0 Å². The maximum Gasteiger partial charge on any atom is 0.0398 e. The fraction of sp³-hybridized carbons (Fsp3) is 0.455. The molecule has 0 atom stereocenters. The molecule has 0 aromatic rings. The van der Waals surface area contributed by atoms with Gasteiger partial charge in [-0.3, -0.25) is 0 Å². The monoisotopic (exact) mass is 195 g/mol. The summed E-state index contributed by atoms with van der Waals surface area (Å²) in [5.74, 6) is 0. The van der Waals surface area contributed by atoms with Crippen LogP contribution >= 0.6 is 7.92 Å². The Morgan fingerprint density at radius 1 is 1.46 bits per heavy atom. The highest BCUT2D eigenvalue weighted by atomic mass is 31.1. The predicted molar refractivity (Wildman–Crippen MR) is 62.1 cm³/mol. The van der Waals surface area contributed by atoms with E-state index in [1.54, 1.807) is 0 Å². The maximum atomic E-state index is 3.75. The molecule has 1 fully saturated rings. The molecular weight excluding hydrogens is 177 g/mol. The van der Waals surface area contributed by atoms with Crippen LogP contribution in [-0.4, -0.2) is 24.1 Å². The number of rotatable bonds is 3. The van der Waals surface area contributed by atoms with E-state index in [1.807, 2.05) is 6.08 Å². The van der Waals surface area contributed by atoms with Gasteiger partial charge in [-0.25, -0.2) is 0 Å². The van der Waals surface area contributed by atoms with Gasteiger partial charge < -0.3 is 4.90 Å². The van der Waals surface area contributed by atoms with Crippen molar-refractivity contribution in [2.45, 2.75) is 13.8 Å². The lowest BCUT2D eigenvalue weighted by molar-refractivity contribution is 0.433. The van der Waals surface area contributed by atoms with Crippen LogP contribution in [0.3, 0.4) is 0 Å². The van der Waals surface area contributed by atoms with E-state index in [0.29, 0.717) is 7.92 Å². The van der Waals surface area contributed by atoms with E-state index in [9.17, 15) is 0 Å². The summed E-state index contributed by atoms with van der Waals surface area (Å²) in [6.07, 6.45) is 8.64. The van der Waals surface area contributed by atoms with E-state index >= 15 is 0 Å². The van der Waals surface area contributed by atoms with Gasteiger partial charge in [0.1, 0.15) is 0 Å². The summed E-state index contributed by atoms with van der Waals surface area (Å²) in [4.78, 5) is 2.43. The minimum Gasteiger partial charge on any atom is -0.363 e. The Bertz CT molecular complexity index is 247. The second kappa shape index (κ2) is 4.62. The number of hydrogen-bond donors (Lipinski definition) is 0. The van der Waals surface area contributed by atoms with Crippen LogP contribution in [0.25, 0.3) is 0 Å². The molecule has 0 saturated carbocycles. The fourth-order valence-electron chi connectivity index (χ4n) is 1.44. The highest BCUT2D eigenvalue weighted by Gasteiger charge is 2.23. The largest absolute Gasteiger partial charge is 0.363 e. The van der Waals surface area contributed by atoms with Crippen molar-refractivity contribution in [2.75, 3.05) is 19.2 Å². The van der Waals surface area contributed by atoms with Crippen LogP contribution in [0.2, 0.25) is 0 Å². The number of nitrogens with zero attached hydrogens (tertiary/aromatic N) is 1. The molecule has 1 nitrogen and oxygen atoms in total. The maximum absolute atomic E-state index is 3.75. The highest BCUT2D eigenvalue weighted by molar-refractivity contribution is 7.58. The first-order chi connectivity index (χ1) is 6.19. The molecule has 72 valence electrons.